The van der Waals surface area contributed by atoms with Crippen LogP contribution in [0.1, 0.15) is 134 Å². The second-order valence-corrected chi connectivity index (χ2v) is 14.2. The number of hydrogen-bond donors (Lipinski definition) is 0. The summed E-state index contributed by atoms with van der Waals surface area (Å²) in [6.07, 6.45) is 9.15. The van der Waals surface area contributed by atoms with Crippen molar-refractivity contribution in [2.24, 2.45) is 34.5 Å². The Morgan fingerprint density at radius 1 is 0.722 bits per heavy atom. The maximum absolute atomic E-state index is 11.1. The number of ketones is 2. The molecule has 6 unspecified atom stereocenters. The summed E-state index contributed by atoms with van der Waals surface area (Å²) in [5.41, 5.74) is 0.520. The van der Waals surface area contributed by atoms with Gasteiger partial charge in [0.25, 0.3) is 0 Å². The van der Waals surface area contributed by atoms with E-state index in [4.69, 9.17) is 9.47 Å². The van der Waals surface area contributed by atoms with E-state index in [2.05, 4.69) is 69.2 Å². The van der Waals surface area contributed by atoms with Crippen molar-refractivity contribution in [2.45, 2.75) is 146 Å². The Hall–Kier alpha value is -0.740. The van der Waals surface area contributed by atoms with Gasteiger partial charge in [0.2, 0.25) is 0 Å². The first-order valence-corrected chi connectivity index (χ1v) is 14.7. The molecule has 0 N–H and O–H groups in total. The van der Waals surface area contributed by atoms with Crippen LogP contribution >= 0.6 is 0 Å². The summed E-state index contributed by atoms with van der Waals surface area (Å²) in [4.78, 5) is 22.2. The molecular formula is C32H60O4. The number of rotatable bonds is 10. The maximum Gasteiger partial charge on any atom is 0.155 e. The second kappa shape index (κ2) is 13.4. The van der Waals surface area contributed by atoms with Gasteiger partial charge in [-0.05, 0) is 101 Å². The minimum Gasteiger partial charge on any atom is -0.368 e. The molecule has 0 bridgehead atoms. The smallest absolute Gasteiger partial charge is 0.155 e. The van der Waals surface area contributed by atoms with Crippen LogP contribution < -0.4 is 0 Å². The van der Waals surface area contributed by atoms with Crippen LogP contribution in [0.25, 0.3) is 0 Å². The molecule has 0 spiro atoms. The fourth-order valence-corrected chi connectivity index (χ4v) is 6.44. The zero-order valence-electron chi connectivity index (χ0n) is 26.0. The molecule has 2 aliphatic carbocycles. The predicted octanol–water partition coefficient (Wildman–Crippen LogP) is 8.45. The zero-order valence-corrected chi connectivity index (χ0v) is 26.0. The Balaban J connectivity index is 0.000000360. The lowest BCUT2D eigenvalue weighted by Gasteiger charge is -2.47. The van der Waals surface area contributed by atoms with Crippen molar-refractivity contribution in [1.29, 1.82) is 0 Å². The Morgan fingerprint density at radius 3 is 1.28 bits per heavy atom. The molecule has 0 heterocycles. The molecule has 0 saturated heterocycles. The number of hydrogen-bond acceptors (Lipinski definition) is 4. The first-order valence-electron chi connectivity index (χ1n) is 14.7. The van der Waals surface area contributed by atoms with E-state index in [0.29, 0.717) is 22.7 Å². The van der Waals surface area contributed by atoms with Crippen LogP contribution in [0, 0.1) is 34.5 Å². The Labute approximate surface area is 224 Å². The topological polar surface area (TPSA) is 52.6 Å². The van der Waals surface area contributed by atoms with Gasteiger partial charge in [0.1, 0.15) is 13.2 Å². The lowest BCUT2D eigenvalue weighted by molar-refractivity contribution is -0.136. The van der Waals surface area contributed by atoms with E-state index in [1.165, 1.54) is 25.7 Å². The summed E-state index contributed by atoms with van der Waals surface area (Å²) in [5.74, 6) is 3.15. The lowest BCUT2D eigenvalue weighted by atomic mass is 9.61. The number of Topliss-reactive ketones (excluding diaryl/α,β-unsaturated/α-hetero) is 2. The Morgan fingerprint density at radius 2 is 1.03 bits per heavy atom. The van der Waals surface area contributed by atoms with E-state index >= 15 is 0 Å². The average molecular weight is 509 g/mol. The van der Waals surface area contributed by atoms with Crippen LogP contribution in [0.15, 0.2) is 0 Å². The van der Waals surface area contributed by atoms with Crippen molar-refractivity contribution in [3.05, 3.63) is 0 Å². The van der Waals surface area contributed by atoms with E-state index in [9.17, 15) is 9.59 Å². The highest BCUT2D eigenvalue weighted by atomic mass is 16.5. The van der Waals surface area contributed by atoms with Crippen molar-refractivity contribution in [2.75, 3.05) is 13.2 Å². The van der Waals surface area contributed by atoms with E-state index in [-0.39, 0.29) is 36.0 Å². The standard InChI is InChI=1S/2C16H30O2/c2*1-7-15(4,5)14-10-16(6,9-8-12(14)2)18-11-13(3)17/h2*12,14H,7-11H2,1-6H3. The van der Waals surface area contributed by atoms with Gasteiger partial charge in [0.05, 0.1) is 11.2 Å². The molecule has 36 heavy (non-hydrogen) atoms. The Bertz CT molecular complexity index is 651. The van der Waals surface area contributed by atoms with Crippen molar-refractivity contribution in [3.63, 3.8) is 0 Å². The zero-order chi connectivity index (χ0) is 27.9. The van der Waals surface area contributed by atoms with Gasteiger partial charge in [-0.15, -0.1) is 0 Å². The summed E-state index contributed by atoms with van der Waals surface area (Å²) >= 11 is 0. The fourth-order valence-electron chi connectivity index (χ4n) is 6.44. The molecule has 0 amide bonds. The predicted molar refractivity (Wildman–Crippen MR) is 151 cm³/mol. The molecule has 4 nitrogen and oxygen atoms in total. The van der Waals surface area contributed by atoms with E-state index in [1.807, 2.05) is 0 Å². The third-order valence-corrected chi connectivity index (χ3v) is 10.0. The quantitative estimate of drug-likeness (QED) is 0.297. The molecule has 0 aromatic carbocycles. The molecule has 0 aliphatic heterocycles. The van der Waals surface area contributed by atoms with Crippen molar-refractivity contribution < 1.29 is 19.1 Å². The van der Waals surface area contributed by atoms with Crippen LogP contribution in [-0.4, -0.2) is 36.0 Å². The van der Waals surface area contributed by atoms with E-state index < -0.39 is 0 Å². The number of carbonyl (C=O) groups excluding carboxylic acids is 2. The summed E-state index contributed by atoms with van der Waals surface area (Å²) in [5, 5.41) is 0. The minimum absolute atomic E-state index is 0.102. The van der Waals surface area contributed by atoms with Gasteiger partial charge in [-0.25, -0.2) is 0 Å². The van der Waals surface area contributed by atoms with Gasteiger partial charge in [-0.3, -0.25) is 9.59 Å². The summed E-state index contributed by atoms with van der Waals surface area (Å²) in [6, 6.07) is 0. The van der Waals surface area contributed by atoms with Crippen molar-refractivity contribution >= 4 is 11.6 Å². The van der Waals surface area contributed by atoms with Crippen LogP contribution in [0.3, 0.4) is 0 Å². The maximum atomic E-state index is 11.1. The lowest BCUT2D eigenvalue weighted by Crippen LogP contribution is -2.44. The SMILES string of the molecule is CCC(C)(C)C1CC(C)(OCC(C)=O)CCC1C.CCC(C)(C)C1CC(C)(OCC(C)=O)CCC1C. The van der Waals surface area contributed by atoms with E-state index in [1.54, 1.807) is 13.8 Å². The summed E-state index contributed by atoms with van der Waals surface area (Å²) in [7, 11) is 0. The first kappa shape index (κ1) is 33.3. The molecule has 0 aromatic rings. The normalized spacial score (nSPS) is 33.4. The highest BCUT2D eigenvalue weighted by Gasteiger charge is 2.44. The number of ether oxygens (including phenoxy) is 2. The Kier molecular flexibility index (Phi) is 12.4. The summed E-state index contributed by atoms with van der Waals surface area (Å²) in [6.45, 7) is 26.8. The van der Waals surface area contributed by atoms with Gasteiger partial charge in [-0.2, -0.15) is 0 Å². The van der Waals surface area contributed by atoms with Crippen molar-refractivity contribution in [3.8, 4) is 0 Å². The third kappa shape index (κ3) is 9.86. The van der Waals surface area contributed by atoms with Crippen molar-refractivity contribution in [1.82, 2.24) is 0 Å². The molecule has 2 rings (SSSR count). The van der Waals surface area contributed by atoms with Gasteiger partial charge >= 0.3 is 0 Å². The van der Waals surface area contributed by atoms with Crippen LogP contribution in [-0.2, 0) is 19.1 Å². The fraction of sp³-hybridized carbons (Fsp3) is 0.938. The largest absolute Gasteiger partial charge is 0.368 e. The highest BCUT2D eigenvalue weighted by molar-refractivity contribution is 5.77. The molecular weight excluding hydrogens is 448 g/mol. The van der Waals surface area contributed by atoms with Gasteiger partial charge in [0, 0.05) is 0 Å². The summed E-state index contributed by atoms with van der Waals surface area (Å²) < 4.78 is 11.8. The second-order valence-electron chi connectivity index (χ2n) is 14.2. The molecule has 6 atom stereocenters. The molecule has 4 heteroatoms. The molecule has 0 radical (unpaired) electrons. The van der Waals surface area contributed by atoms with Crippen LogP contribution in [0.5, 0.6) is 0 Å². The molecule has 2 saturated carbocycles. The average Bonchev–Trinajstić information content (AvgIpc) is 2.80. The third-order valence-electron chi connectivity index (χ3n) is 10.0. The molecule has 0 aromatic heterocycles. The van der Waals surface area contributed by atoms with Crippen LogP contribution in [0.4, 0.5) is 0 Å². The minimum atomic E-state index is -0.102. The van der Waals surface area contributed by atoms with Gasteiger partial charge in [-0.1, -0.05) is 68.2 Å². The van der Waals surface area contributed by atoms with E-state index in [0.717, 1.165) is 37.5 Å². The monoisotopic (exact) mass is 508 g/mol. The number of carbonyl (C=O) groups is 2. The highest BCUT2D eigenvalue weighted by Crippen LogP contribution is 2.49. The van der Waals surface area contributed by atoms with Gasteiger partial charge in [0.15, 0.2) is 11.6 Å². The van der Waals surface area contributed by atoms with Gasteiger partial charge < -0.3 is 9.47 Å². The first-order chi connectivity index (χ1) is 16.4. The molecule has 2 aliphatic rings. The molecule has 212 valence electrons. The molecule has 2 fully saturated rings. The van der Waals surface area contributed by atoms with Crippen LogP contribution in [0.2, 0.25) is 0 Å².